The standard InChI is InChI=1S/C12H16ClN3O/c1-2-15-11-6-9(13)8(5-10(11)14)12(17)16-7-3-4-7/h5-7,15H,2-4,14H2,1H3,(H,16,17). The monoisotopic (exact) mass is 253 g/mol. The number of nitrogens with one attached hydrogen (secondary N) is 2. The Kier molecular flexibility index (Phi) is 3.43. The van der Waals surface area contributed by atoms with Crippen molar-refractivity contribution in [2.75, 3.05) is 17.6 Å². The van der Waals surface area contributed by atoms with Gasteiger partial charge in [-0.25, -0.2) is 0 Å². The van der Waals surface area contributed by atoms with E-state index in [9.17, 15) is 4.79 Å². The molecule has 4 N–H and O–H groups in total. The highest BCUT2D eigenvalue weighted by Crippen LogP contribution is 2.28. The zero-order valence-corrected chi connectivity index (χ0v) is 10.5. The van der Waals surface area contributed by atoms with Crippen molar-refractivity contribution < 1.29 is 4.79 Å². The van der Waals surface area contributed by atoms with Gasteiger partial charge in [-0.15, -0.1) is 0 Å². The third-order valence-electron chi connectivity index (χ3n) is 2.66. The van der Waals surface area contributed by atoms with Gasteiger partial charge in [0.2, 0.25) is 0 Å². The number of benzene rings is 1. The summed E-state index contributed by atoms with van der Waals surface area (Å²) in [4.78, 5) is 11.9. The van der Waals surface area contributed by atoms with Gasteiger partial charge in [-0.2, -0.15) is 0 Å². The molecule has 0 saturated heterocycles. The van der Waals surface area contributed by atoms with Crippen molar-refractivity contribution in [2.24, 2.45) is 0 Å². The maximum Gasteiger partial charge on any atom is 0.253 e. The second-order valence-electron chi connectivity index (χ2n) is 4.20. The molecule has 5 heteroatoms. The molecular formula is C12H16ClN3O. The van der Waals surface area contributed by atoms with Gasteiger partial charge in [-0.1, -0.05) is 11.6 Å². The number of hydrogen-bond donors (Lipinski definition) is 3. The van der Waals surface area contributed by atoms with Crippen LogP contribution in [0, 0.1) is 0 Å². The Morgan fingerprint density at radius 2 is 2.24 bits per heavy atom. The van der Waals surface area contributed by atoms with Crippen molar-refractivity contribution in [3.05, 3.63) is 22.7 Å². The zero-order valence-electron chi connectivity index (χ0n) is 9.72. The topological polar surface area (TPSA) is 67.2 Å². The first-order valence-electron chi connectivity index (χ1n) is 5.75. The highest BCUT2D eigenvalue weighted by Gasteiger charge is 2.25. The Balaban J connectivity index is 2.21. The highest BCUT2D eigenvalue weighted by molar-refractivity contribution is 6.34. The molecule has 4 nitrogen and oxygen atoms in total. The molecule has 0 atom stereocenters. The van der Waals surface area contributed by atoms with Crippen LogP contribution in [0.3, 0.4) is 0 Å². The molecule has 0 aliphatic heterocycles. The van der Waals surface area contributed by atoms with Crippen LogP contribution in [0.15, 0.2) is 12.1 Å². The SMILES string of the molecule is CCNc1cc(Cl)c(C(=O)NC2CC2)cc1N. The van der Waals surface area contributed by atoms with Crippen LogP contribution < -0.4 is 16.4 Å². The summed E-state index contributed by atoms with van der Waals surface area (Å²) < 4.78 is 0. The molecule has 0 radical (unpaired) electrons. The number of carbonyl (C=O) groups excluding carboxylic acids is 1. The maximum absolute atomic E-state index is 11.9. The van der Waals surface area contributed by atoms with Gasteiger partial charge in [0.25, 0.3) is 5.91 Å². The second kappa shape index (κ2) is 4.84. The van der Waals surface area contributed by atoms with Crippen LogP contribution in [-0.4, -0.2) is 18.5 Å². The summed E-state index contributed by atoms with van der Waals surface area (Å²) in [6, 6.07) is 3.63. The number of rotatable bonds is 4. The smallest absolute Gasteiger partial charge is 0.253 e. The van der Waals surface area contributed by atoms with E-state index in [4.69, 9.17) is 17.3 Å². The minimum Gasteiger partial charge on any atom is -0.397 e. The van der Waals surface area contributed by atoms with E-state index in [1.807, 2.05) is 6.92 Å². The molecule has 1 aliphatic carbocycles. The first kappa shape index (κ1) is 12.0. The Morgan fingerprint density at radius 3 is 2.82 bits per heavy atom. The van der Waals surface area contributed by atoms with Crippen LogP contribution in [-0.2, 0) is 0 Å². The Hall–Kier alpha value is -1.42. The van der Waals surface area contributed by atoms with Crippen LogP contribution >= 0.6 is 11.6 Å². The first-order chi connectivity index (χ1) is 8.11. The largest absolute Gasteiger partial charge is 0.397 e. The minimum absolute atomic E-state index is 0.146. The fourth-order valence-electron chi connectivity index (χ4n) is 1.60. The van der Waals surface area contributed by atoms with Gasteiger partial charge in [0.1, 0.15) is 0 Å². The number of carbonyl (C=O) groups is 1. The van der Waals surface area contributed by atoms with E-state index in [1.54, 1.807) is 12.1 Å². The maximum atomic E-state index is 11.9. The number of amides is 1. The van der Waals surface area contributed by atoms with Gasteiger partial charge < -0.3 is 16.4 Å². The van der Waals surface area contributed by atoms with Crippen LogP contribution in [0.2, 0.25) is 5.02 Å². The summed E-state index contributed by atoms with van der Waals surface area (Å²) >= 11 is 6.08. The van der Waals surface area contributed by atoms with Crippen molar-refractivity contribution in [1.29, 1.82) is 0 Å². The Morgan fingerprint density at radius 1 is 1.53 bits per heavy atom. The van der Waals surface area contributed by atoms with Crippen molar-refractivity contribution in [3.63, 3.8) is 0 Å². The van der Waals surface area contributed by atoms with E-state index in [-0.39, 0.29) is 5.91 Å². The summed E-state index contributed by atoms with van der Waals surface area (Å²) in [5, 5.41) is 6.41. The number of nitrogens with two attached hydrogens (primary N) is 1. The van der Waals surface area contributed by atoms with Crippen molar-refractivity contribution in [2.45, 2.75) is 25.8 Å². The summed E-state index contributed by atoms with van der Waals surface area (Å²) in [5.74, 6) is -0.146. The lowest BCUT2D eigenvalue weighted by atomic mass is 10.1. The van der Waals surface area contributed by atoms with Crippen LogP contribution in [0.4, 0.5) is 11.4 Å². The third kappa shape index (κ3) is 2.82. The molecule has 1 aromatic carbocycles. The molecule has 1 aromatic rings. The molecule has 1 amide bonds. The predicted octanol–water partition coefficient (Wildman–Crippen LogP) is 2.25. The van der Waals surface area contributed by atoms with E-state index in [2.05, 4.69) is 10.6 Å². The van der Waals surface area contributed by atoms with Gasteiger partial charge >= 0.3 is 0 Å². The fourth-order valence-corrected chi connectivity index (χ4v) is 1.85. The van der Waals surface area contributed by atoms with Gasteiger partial charge in [0.05, 0.1) is 22.0 Å². The van der Waals surface area contributed by atoms with Crippen molar-refractivity contribution in [3.8, 4) is 0 Å². The summed E-state index contributed by atoms with van der Waals surface area (Å²) in [6.07, 6.45) is 2.10. The minimum atomic E-state index is -0.146. The van der Waals surface area contributed by atoms with E-state index in [0.29, 0.717) is 22.3 Å². The molecule has 0 spiro atoms. The summed E-state index contributed by atoms with van der Waals surface area (Å²) in [6.45, 7) is 2.73. The molecule has 1 saturated carbocycles. The van der Waals surface area contributed by atoms with Gasteiger partial charge in [0, 0.05) is 12.6 Å². The fraction of sp³-hybridized carbons (Fsp3) is 0.417. The number of anilines is 2. The Bertz CT molecular complexity index is 444. The normalized spacial score (nSPS) is 14.5. The summed E-state index contributed by atoms with van der Waals surface area (Å²) in [7, 11) is 0. The molecule has 17 heavy (non-hydrogen) atoms. The molecule has 0 heterocycles. The second-order valence-corrected chi connectivity index (χ2v) is 4.60. The van der Waals surface area contributed by atoms with E-state index in [1.165, 1.54) is 0 Å². The predicted molar refractivity (Wildman–Crippen MR) is 70.5 cm³/mol. The number of nitrogen functional groups attached to an aromatic ring is 1. The molecule has 0 aromatic heterocycles. The lowest BCUT2D eigenvalue weighted by Crippen LogP contribution is -2.25. The third-order valence-corrected chi connectivity index (χ3v) is 2.98. The molecule has 92 valence electrons. The number of hydrogen-bond acceptors (Lipinski definition) is 3. The lowest BCUT2D eigenvalue weighted by molar-refractivity contribution is 0.0951. The van der Waals surface area contributed by atoms with Crippen LogP contribution in [0.5, 0.6) is 0 Å². The average molecular weight is 254 g/mol. The van der Waals surface area contributed by atoms with E-state index >= 15 is 0 Å². The molecule has 2 rings (SSSR count). The van der Waals surface area contributed by atoms with Crippen molar-refractivity contribution >= 4 is 28.9 Å². The quantitative estimate of drug-likeness (QED) is 0.721. The van der Waals surface area contributed by atoms with Crippen LogP contribution in [0.1, 0.15) is 30.1 Å². The van der Waals surface area contributed by atoms with Crippen molar-refractivity contribution in [1.82, 2.24) is 5.32 Å². The molecule has 1 aliphatic rings. The first-order valence-corrected chi connectivity index (χ1v) is 6.13. The molecule has 1 fully saturated rings. The highest BCUT2D eigenvalue weighted by atomic mass is 35.5. The molecular weight excluding hydrogens is 238 g/mol. The molecule has 0 unspecified atom stereocenters. The average Bonchev–Trinajstić information content (AvgIpc) is 3.07. The van der Waals surface area contributed by atoms with E-state index in [0.717, 1.165) is 25.1 Å². The van der Waals surface area contributed by atoms with Gasteiger partial charge in [-0.05, 0) is 31.9 Å². The van der Waals surface area contributed by atoms with Crippen LogP contribution in [0.25, 0.3) is 0 Å². The molecule has 0 bridgehead atoms. The zero-order chi connectivity index (χ0) is 12.4. The van der Waals surface area contributed by atoms with Gasteiger partial charge in [-0.3, -0.25) is 4.79 Å². The lowest BCUT2D eigenvalue weighted by Gasteiger charge is -2.11. The number of halogens is 1. The Labute approximate surface area is 106 Å². The summed E-state index contributed by atoms with van der Waals surface area (Å²) in [5.41, 5.74) is 7.61. The van der Waals surface area contributed by atoms with Gasteiger partial charge in [0.15, 0.2) is 0 Å². The van der Waals surface area contributed by atoms with E-state index < -0.39 is 0 Å².